The van der Waals surface area contributed by atoms with E-state index in [1.54, 1.807) is 0 Å². The van der Waals surface area contributed by atoms with Crippen molar-refractivity contribution in [1.82, 2.24) is 10.6 Å². The van der Waals surface area contributed by atoms with Gasteiger partial charge in [-0.05, 0) is 48.4 Å². The molecule has 0 heterocycles. The van der Waals surface area contributed by atoms with Crippen LogP contribution in [0.4, 0.5) is 4.79 Å². The molecule has 186 valence electrons. The molecule has 3 unspecified atom stereocenters. The molecule has 0 radical (unpaired) electrons. The van der Waals surface area contributed by atoms with Gasteiger partial charge in [0.05, 0.1) is 5.92 Å². The normalized spacial score (nSPS) is 20.1. The molecule has 3 N–H and O–H groups in total. The Balaban J connectivity index is 1.37. The van der Waals surface area contributed by atoms with E-state index < -0.39 is 12.1 Å². The first-order valence-corrected chi connectivity index (χ1v) is 12.6. The summed E-state index contributed by atoms with van der Waals surface area (Å²) in [5.74, 6) is -1.38. The number of nitrogens with one attached hydrogen (secondary N) is 2. The first kappa shape index (κ1) is 24.8. The van der Waals surface area contributed by atoms with Crippen molar-refractivity contribution in [2.75, 3.05) is 6.61 Å². The van der Waals surface area contributed by atoms with Gasteiger partial charge >= 0.3 is 12.1 Å². The van der Waals surface area contributed by atoms with Crippen LogP contribution in [-0.4, -0.2) is 41.8 Å². The quantitative estimate of drug-likeness (QED) is 0.471. The number of carbonyl (C=O) groups is 3. The Morgan fingerprint density at radius 3 is 2.26 bits per heavy atom. The number of carboxylic acid groups (broad SMARTS) is 1. The summed E-state index contributed by atoms with van der Waals surface area (Å²) in [6.07, 6.45) is 4.15. The van der Waals surface area contributed by atoms with Gasteiger partial charge in [-0.1, -0.05) is 67.8 Å². The third-order valence-corrected chi connectivity index (χ3v) is 7.18. The Morgan fingerprint density at radius 2 is 1.60 bits per heavy atom. The molecule has 2 aliphatic rings. The number of fused-ring (bicyclic) bond motifs is 3. The minimum absolute atomic E-state index is 0.00748. The van der Waals surface area contributed by atoms with Gasteiger partial charge in [0.15, 0.2) is 0 Å². The van der Waals surface area contributed by atoms with Gasteiger partial charge < -0.3 is 20.5 Å². The van der Waals surface area contributed by atoms with Gasteiger partial charge in [-0.15, -0.1) is 0 Å². The Hall–Kier alpha value is -3.35. The Bertz CT molecular complexity index is 1020. The van der Waals surface area contributed by atoms with Gasteiger partial charge in [0.25, 0.3) is 0 Å². The summed E-state index contributed by atoms with van der Waals surface area (Å²) < 4.78 is 5.71. The van der Waals surface area contributed by atoms with E-state index in [0.717, 1.165) is 30.4 Å². The Morgan fingerprint density at radius 1 is 0.971 bits per heavy atom. The molecule has 7 nitrogen and oxygen atoms in total. The van der Waals surface area contributed by atoms with E-state index in [2.05, 4.69) is 34.9 Å². The lowest BCUT2D eigenvalue weighted by molar-refractivity contribution is -0.137. The highest BCUT2D eigenvalue weighted by Crippen LogP contribution is 2.44. The average molecular weight is 479 g/mol. The number of alkyl carbamates (subject to hydrolysis) is 1. The fourth-order valence-electron chi connectivity index (χ4n) is 5.35. The minimum Gasteiger partial charge on any atom is -0.481 e. The first-order chi connectivity index (χ1) is 16.9. The highest BCUT2D eigenvalue weighted by molar-refractivity contribution is 5.81. The Labute approximate surface area is 206 Å². The monoisotopic (exact) mass is 478 g/mol. The second kappa shape index (κ2) is 11.4. The highest BCUT2D eigenvalue weighted by Gasteiger charge is 2.33. The smallest absolute Gasteiger partial charge is 0.407 e. The van der Waals surface area contributed by atoms with Gasteiger partial charge in [0, 0.05) is 24.4 Å². The van der Waals surface area contributed by atoms with Crippen LogP contribution in [0.1, 0.15) is 68.9 Å². The van der Waals surface area contributed by atoms with Crippen molar-refractivity contribution in [2.24, 2.45) is 5.92 Å². The number of ether oxygens (including phenoxy) is 1. The molecule has 1 fully saturated rings. The van der Waals surface area contributed by atoms with E-state index in [1.165, 1.54) is 11.1 Å². The molecule has 7 heteroatoms. The molecule has 0 saturated heterocycles. The molecule has 2 amide bonds. The number of hydrogen-bond donors (Lipinski definition) is 3. The predicted molar refractivity (Wildman–Crippen MR) is 133 cm³/mol. The fraction of sp³-hybridized carbons (Fsp3) is 0.464. The molecule has 0 spiro atoms. The largest absolute Gasteiger partial charge is 0.481 e. The van der Waals surface area contributed by atoms with Gasteiger partial charge in [0.2, 0.25) is 5.91 Å². The summed E-state index contributed by atoms with van der Waals surface area (Å²) in [4.78, 5) is 36.7. The van der Waals surface area contributed by atoms with Crippen LogP contribution in [0.15, 0.2) is 48.5 Å². The van der Waals surface area contributed by atoms with Crippen molar-refractivity contribution >= 4 is 18.0 Å². The predicted octanol–water partition coefficient (Wildman–Crippen LogP) is 4.84. The Kier molecular flexibility index (Phi) is 8.06. The fourth-order valence-corrected chi connectivity index (χ4v) is 5.35. The molecule has 2 aromatic rings. The highest BCUT2D eigenvalue weighted by atomic mass is 16.5. The maximum absolute atomic E-state index is 13.0. The molecule has 35 heavy (non-hydrogen) atoms. The molecule has 0 bridgehead atoms. The van der Waals surface area contributed by atoms with E-state index in [4.69, 9.17) is 9.84 Å². The number of aliphatic carboxylic acids is 1. The maximum Gasteiger partial charge on any atom is 0.407 e. The minimum atomic E-state index is -0.879. The van der Waals surface area contributed by atoms with Crippen molar-refractivity contribution in [3.8, 4) is 11.1 Å². The molecule has 0 aliphatic heterocycles. The number of carboxylic acids is 1. The van der Waals surface area contributed by atoms with E-state index in [9.17, 15) is 14.4 Å². The molecule has 2 aliphatic carbocycles. The zero-order valence-electron chi connectivity index (χ0n) is 20.2. The van der Waals surface area contributed by atoms with Crippen LogP contribution in [0, 0.1) is 5.92 Å². The maximum atomic E-state index is 13.0. The van der Waals surface area contributed by atoms with Gasteiger partial charge in [0.1, 0.15) is 6.61 Å². The van der Waals surface area contributed by atoms with Crippen LogP contribution < -0.4 is 10.6 Å². The van der Waals surface area contributed by atoms with E-state index in [1.807, 2.05) is 31.2 Å². The summed E-state index contributed by atoms with van der Waals surface area (Å²) in [7, 11) is 0. The summed E-state index contributed by atoms with van der Waals surface area (Å²) >= 11 is 0. The first-order valence-electron chi connectivity index (χ1n) is 12.6. The third-order valence-electron chi connectivity index (χ3n) is 7.18. The van der Waals surface area contributed by atoms with E-state index >= 15 is 0 Å². The zero-order valence-corrected chi connectivity index (χ0v) is 20.2. The lowest BCUT2D eigenvalue weighted by Gasteiger charge is -2.27. The van der Waals surface area contributed by atoms with E-state index in [-0.39, 0.29) is 42.9 Å². The summed E-state index contributed by atoms with van der Waals surface area (Å²) in [6, 6.07) is 15.9. The number of hydrogen-bond acceptors (Lipinski definition) is 4. The molecular weight excluding hydrogens is 444 g/mol. The topological polar surface area (TPSA) is 105 Å². The van der Waals surface area contributed by atoms with Crippen molar-refractivity contribution in [1.29, 1.82) is 0 Å². The molecule has 3 atom stereocenters. The summed E-state index contributed by atoms with van der Waals surface area (Å²) in [5, 5.41) is 14.8. The van der Waals surface area contributed by atoms with Gasteiger partial charge in [-0.2, -0.15) is 0 Å². The van der Waals surface area contributed by atoms with Crippen molar-refractivity contribution < 1.29 is 24.2 Å². The van der Waals surface area contributed by atoms with Crippen LogP contribution in [0.2, 0.25) is 0 Å². The second-order valence-corrected chi connectivity index (χ2v) is 9.66. The van der Waals surface area contributed by atoms with Crippen LogP contribution in [-0.2, 0) is 14.3 Å². The number of carbonyl (C=O) groups excluding carboxylic acids is 2. The van der Waals surface area contributed by atoms with Gasteiger partial charge in [-0.25, -0.2) is 4.79 Å². The number of amides is 2. The number of benzene rings is 2. The van der Waals surface area contributed by atoms with Crippen molar-refractivity contribution in [3.63, 3.8) is 0 Å². The molecule has 0 aromatic heterocycles. The van der Waals surface area contributed by atoms with Crippen molar-refractivity contribution in [2.45, 2.75) is 69.9 Å². The second-order valence-electron chi connectivity index (χ2n) is 9.66. The van der Waals surface area contributed by atoms with E-state index in [0.29, 0.717) is 19.3 Å². The van der Waals surface area contributed by atoms with Crippen LogP contribution in [0.5, 0.6) is 0 Å². The van der Waals surface area contributed by atoms with Crippen LogP contribution in [0.25, 0.3) is 11.1 Å². The van der Waals surface area contributed by atoms with Crippen LogP contribution >= 0.6 is 0 Å². The molecule has 2 aromatic carbocycles. The molecular formula is C28H34N2O5. The zero-order chi connectivity index (χ0) is 24.8. The molecule has 4 rings (SSSR count). The third kappa shape index (κ3) is 6.02. The lowest BCUT2D eigenvalue weighted by atomic mass is 9.93. The average Bonchev–Trinajstić information content (AvgIpc) is 2.97. The van der Waals surface area contributed by atoms with Crippen LogP contribution in [0.3, 0.4) is 0 Å². The van der Waals surface area contributed by atoms with Crippen molar-refractivity contribution in [3.05, 3.63) is 59.7 Å². The number of rotatable bonds is 8. The molecule has 1 saturated carbocycles. The summed E-state index contributed by atoms with van der Waals surface area (Å²) in [5.41, 5.74) is 4.66. The SMILES string of the molecule is CC(CCC(=O)O)NC(=O)C1CCCCCC1NC(=O)OCC1c2ccccc2-c2ccccc21. The van der Waals surface area contributed by atoms with Gasteiger partial charge in [-0.3, -0.25) is 9.59 Å². The summed E-state index contributed by atoms with van der Waals surface area (Å²) in [6.45, 7) is 2.04. The lowest BCUT2D eigenvalue weighted by Crippen LogP contribution is -2.48. The standard InChI is InChI=1S/C28H34N2O5/c1-18(15-16-26(31)32)29-27(33)23-13-3-2-4-14-25(23)30-28(34)35-17-24-21-11-7-5-9-19(21)20-10-6-8-12-22(20)24/h5-12,18,23-25H,2-4,13-17H2,1H3,(H,29,33)(H,30,34)(H,31,32).